The molecule has 0 amide bonds. The number of ether oxygens (including phenoxy) is 2. The van der Waals surface area contributed by atoms with Crippen molar-refractivity contribution in [1.29, 1.82) is 0 Å². The van der Waals surface area contributed by atoms with E-state index in [1.165, 1.54) is 6.42 Å². The summed E-state index contributed by atoms with van der Waals surface area (Å²) in [5.41, 5.74) is 6.76. The predicted octanol–water partition coefficient (Wildman–Crippen LogP) is 1.64. The number of para-hydroxylation sites is 1. The van der Waals surface area contributed by atoms with Crippen LogP contribution in [0, 0.1) is 0 Å². The van der Waals surface area contributed by atoms with Crippen LogP contribution in [0.2, 0.25) is 0 Å². The molecule has 0 radical (unpaired) electrons. The Bertz CT molecular complexity index is 365. The average molecular weight is 264 g/mol. The fourth-order valence-corrected chi connectivity index (χ4v) is 2.26. The summed E-state index contributed by atoms with van der Waals surface area (Å²) in [5.74, 6) is 0.927. The molecule has 4 heteroatoms. The number of unbranched alkanes of at least 4 members (excludes halogenated alkanes) is 1. The highest BCUT2D eigenvalue weighted by Crippen LogP contribution is 2.17. The highest BCUT2D eigenvalue weighted by atomic mass is 16.5. The molecule has 1 aromatic rings. The first-order valence-corrected chi connectivity index (χ1v) is 7.11. The van der Waals surface area contributed by atoms with Gasteiger partial charge in [-0.3, -0.25) is 4.90 Å². The van der Waals surface area contributed by atoms with Gasteiger partial charge in [-0.05, 0) is 25.5 Å². The molecule has 1 heterocycles. The summed E-state index contributed by atoms with van der Waals surface area (Å²) >= 11 is 0. The van der Waals surface area contributed by atoms with E-state index in [1.807, 2.05) is 24.3 Å². The van der Waals surface area contributed by atoms with Crippen LogP contribution in [-0.2, 0) is 11.3 Å². The van der Waals surface area contributed by atoms with Gasteiger partial charge >= 0.3 is 0 Å². The molecule has 0 aliphatic carbocycles. The molecule has 4 nitrogen and oxygen atoms in total. The van der Waals surface area contributed by atoms with Crippen molar-refractivity contribution in [2.24, 2.45) is 5.73 Å². The zero-order valence-corrected chi connectivity index (χ0v) is 11.5. The molecule has 1 fully saturated rings. The third kappa shape index (κ3) is 4.82. The molecule has 0 bridgehead atoms. The normalized spacial score (nSPS) is 16.5. The van der Waals surface area contributed by atoms with Crippen molar-refractivity contribution >= 4 is 0 Å². The number of nitrogens with zero attached hydrogens (tertiary/aromatic N) is 1. The second-order valence-corrected chi connectivity index (χ2v) is 4.82. The fraction of sp³-hybridized carbons (Fsp3) is 0.600. The van der Waals surface area contributed by atoms with E-state index in [2.05, 4.69) is 4.90 Å². The maximum atomic E-state index is 5.79. The molecule has 0 aromatic heterocycles. The third-order valence-electron chi connectivity index (χ3n) is 3.42. The van der Waals surface area contributed by atoms with Gasteiger partial charge in [0.1, 0.15) is 5.75 Å². The maximum Gasteiger partial charge on any atom is 0.123 e. The second-order valence-electron chi connectivity index (χ2n) is 4.82. The summed E-state index contributed by atoms with van der Waals surface area (Å²) in [6.07, 6.45) is 2.25. The smallest absolute Gasteiger partial charge is 0.123 e. The third-order valence-corrected chi connectivity index (χ3v) is 3.42. The molecule has 1 saturated heterocycles. The van der Waals surface area contributed by atoms with Gasteiger partial charge in [-0.25, -0.2) is 0 Å². The number of hydrogen-bond acceptors (Lipinski definition) is 4. The van der Waals surface area contributed by atoms with Crippen molar-refractivity contribution in [1.82, 2.24) is 4.90 Å². The maximum absolute atomic E-state index is 5.79. The van der Waals surface area contributed by atoms with Crippen LogP contribution in [0.15, 0.2) is 24.3 Å². The number of morpholine rings is 1. The van der Waals surface area contributed by atoms with Crippen LogP contribution in [0.5, 0.6) is 5.75 Å². The number of nitrogens with two attached hydrogens (primary N) is 1. The van der Waals surface area contributed by atoms with E-state index < -0.39 is 0 Å². The van der Waals surface area contributed by atoms with Gasteiger partial charge in [-0.15, -0.1) is 0 Å². The number of benzene rings is 1. The summed E-state index contributed by atoms with van der Waals surface area (Å²) in [6.45, 7) is 6.32. The van der Waals surface area contributed by atoms with Crippen molar-refractivity contribution < 1.29 is 9.47 Å². The van der Waals surface area contributed by atoms with Crippen LogP contribution in [-0.4, -0.2) is 44.4 Å². The SMILES string of the molecule is NCc1ccccc1OCCCCN1CCOCC1. The lowest BCUT2D eigenvalue weighted by Gasteiger charge is -2.26. The summed E-state index contributed by atoms with van der Waals surface area (Å²) in [6, 6.07) is 7.99. The minimum absolute atomic E-state index is 0.532. The molecular formula is C15H24N2O2. The van der Waals surface area contributed by atoms with E-state index >= 15 is 0 Å². The van der Waals surface area contributed by atoms with Gasteiger partial charge in [0.05, 0.1) is 19.8 Å². The summed E-state index contributed by atoms with van der Waals surface area (Å²) in [4.78, 5) is 2.46. The fourth-order valence-electron chi connectivity index (χ4n) is 2.26. The molecule has 1 aliphatic rings. The molecule has 1 aliphatic heterocycles. The molecule has 2 N–H and O–H groups in total. The van der Waals surface area contributed by atoms with Crippen LogP contribution < -0.4 is 10.5 Å². The van der Waals surface area contributed by atoms with E-state index in [1.54, 1.807) is 0 Å². The van der Waals surface area contributed by atoms with Crippen molar-refractivity contribution in [3.8, 4) is 5.75 Å². The van der Waals surface area contributed by atoms with Crippen LogP contribution in [0.1, 0.15) is 18.4 Å². The minimum atomic E-state index is 0.532. The van der Waals surface area contributed by atoms with E-state index in [4.69, 9.17) is 15.2 Å². The monoisotopic (exact) mass is 264 g/mol. The molecule has 1 aromatic carbocycles. The van der Waals surface area contributed by atoms with Gasteiger partial charge in [0, 0.05) is 25.2 Å². The van der Waals surface area contributed by atoms with E-state index in [-0.39, 0.29) is 0 Å². The molecule has 0 saturated carbocycles. The van der Waals surface area contributed by atoms with Gasteiger partial charge in [-0.2, -0.15) is 0 Å². The average Bonchev–Trinajstić information content (AvgIpc) is 2.48. The van der Waals surface area contributed by atoms with Crippen molar-refractivity contribution in [3.63, 3.8) is 0 Å². The topological polar surface area (TPSA) is 47.7 Å². The van der Waals surface area contributed by atoms with Crippen molar-refractivity contribution in [3.05, 3.63) is 29.8 Å². The van der Waals surface area contributed by atoms with Crippen LogP contribution in [0.4, 0.5) is 0 Å². The molecular weight excluding hydrogens is 240 g/mol. The molecule has 106 valence electrons. The molecule has 2 rings (SSSR count). The van der Waals surface area contributed by atoms with Crippen molar-refractivity contribution in [2.75, 3.05) is 39.5 Å². The first kappa shape index (κ1) is 14.3. The standard InChI is InChI=1S/C15H24N2O2/c16-13-14-5-1-2-6-15(14)19-10-4-3-7-17-8-11-18-12-9-17/h1-2,5-6H,3-4,7-13,16H2. The van der Waals surface area contributed by atoms with Gasteiger partial charge in [0.25, 0.3) is 0 Å². The van der Waals surface area contributed by atoms with E-state index in [9.17, 15) is 0 Å². The minimum Gasteiger partial charge on any atom is -0.493 e. The van der Waals surface area contributed by atoms with Gasteiger partial charge in [0.15, 0.2) is 0 Å². The number of hydrogen-bond donors (Lipinski definition) is 1. The zero-order chi connectivity index (χ0) is 13.3. The summed E-state index contributed by atoms with van der Waals surface area (Å²) in [7, 11) is 0. The van der Waals surface area contributed by atoms with E-state index in [0.717, 1.165) is 57.2 Å². The Morgan fingerprint density at radius 2 is 1.95 bits per heavy atom. The Labute approximate surface area is 115 Å². The predicted molar refractivity (Wildman–Crippen MR) is 76.3 cm³/mol. The molecule has 0 unspecified atom stereocenters. The summed E-state index contributed by atoms with van der Waals surface area (Å²) < 4.78 is 11.1. The highest BCUT2D eigenvalue weighted by molar-refractivity contribution is 5.32. The van der Waals surface area contributed by atoms with E-state index in [0.29, 0.717) is 6.54 Å². The van der Waals surface area contributed by atoms with Gasteiger partial charge in [-0.1, -0.05) is 18.2 Å². The molecule has 19 heavy (non-hydrogen) atoms. The Morgan fingerprint density at radius 3 is 2.74 bits per heavy atom. The van der Waals surface area contributed by atoms with Crippen LogP contribution in [0.3, 0.4) is 0 Å². The lowest BCUT2D eigenvalue weighted by Crippen LogP contribution is -2.36. The molecule has 0 atom stereocenters. The Balaban J connectivity index is 1.61. The lowest BCUT2D eigenvalue weighted by molar-refractivity contribution is 0.0368. The summed E-state index contributed by atoms with van der Waals surface area (Å²) in [5, 5.41) is 0. The second kappa shape index (κ2) is 8.15. The van der Waals surface area contributed by atoms with Crippen LogP contribution >= 0.6 is 0 Å². The number of rotatable bonds is 7. The van der Waals surface area contributed by atoms with Crippen LogP contribution in [0.25, 0.3) is 0 Å². The quantitative estimate of drug-likeness (QED) is 0.761. The van der Waals surface area contributed by atoms with Gasteiger partial charge in [0.2, 0.25) is 0 Å². The largest absolute Gasteiger partial charge is 0.493 e. The Morgan fingerprint density at radius 1 is 1.16 bits per heavy atom. The Hall–Kier alpha value is -1.10. The Kier molecular flexibility index (Phi) is 6.14. The first-order valence-electron chi connectivity index (χ1n) is 7.11. The van der Waals surface area contributed by atoms with Gasteiger partial charge < -0.3 is 15.2 Å². The lowest BCUT2D eigenvalue weighted by atomic mass is 10.2. The molecule has 0 spiro atoms. The zero-order valence-electron chi connectivity index (χ0n) is 11.5. The van der Waals surface area contributed by atoms with Crippen molar-refractivity contribution in [2.45, 2.75) is 19.4 Å². The highest BCUT2D eigenvalue weighted by Gasteiger charge is 2.09. The first-order chi connectivity index (χ1) is 9.40.